The molecule has 1 aromatic heterocycles. The quantitative estimate of drug-likeness (QED) is 0.864. The van der Waals surface area contributed by atoms with Crippen molar-refractivity contribution < 1.29 is 0 Å². The molecule has 1 aliphatic carbocycles. The number of nitrogen functional groups attached to an aromatic ring is 1. The summed E-state index contributed by atoms with van der Waals surface area (Å²) in [5.41, 5.74) is 6.60. The first-order chi connectivity index (χ1) is 8.09. The third-order valence-electron chi connectivity index (χ3n) is 3.61. The van der Waals surface area contributed by atoms with E-state index in [9.17, 15) is 0 Å². The summed E-state index contributed by atoms with van der Waals surface area (Å²) >= 11 is 6.09. The molecule has 0 atom stereocenters. The predicted molar refractivity (Wildman–Crippen MR) is 73.3 cm³/mol. The lowest BCUT2D eigenvalue weighted by atomic mass is 9.76. The minimum Gasteiger partial charge on any atom is -0.397 e. The van der Waals surface area contributed by atoms with Crippen LogP contribution >= 0.6 is 11.6 Å². The van der Waals surface area contributed by atoms with Crippen LogP contribution in [0.3, 0.4) is 0 Å². The van der Waals surface area contributed by atoms with Crippen LogP contribution in [0, 0.1) is 5.41 Å². The standard InChI is InChI=1S/C13H20ClN3/c1-13(5-3-2-4-6-13)9-17-12-11(14)7-10(15)8-16-12/h7-8H,2-6,9,15H2,1H3,(H,16,17). The highest BCUT2D eigenvalue weighted by molar-refractivity contribution is 6.33. The fourth-order valence-electron chi connectivity index (χ4n) is 2.46. The lowest BCUT2D eigenvalue weighted by Gasteiger charge is -2.33. The second-order valence-corrected chi connectivity index (χ2v) is 5.73. The van der Waals surface area contributed by atoms with Crippen LogP contribution in [0.5, 0.6) is 0 Å². The molecule has 1 saturated carbocycles. The minimum absolute atomic E-state index is 0.380. The Bertz CT molecular complexity index is 386. The van der Waals surface area contributed by atoms with Gasteiger partial charge in [-0.05, 0) is 24.3 Å². The molecule has 0 saturated heterocycles. The number of hydrogen-bond acceptors (Lipinski definition) is 3. The van der Waals surface area contributed by atoms with Crippen molar-refractivity contribution in [2.75, 3.05) is 17.6 Å². The summed E-state index contributed by atoms with van der Waals surface area (Å²) in [6.07, 6.45) is 8.25. The summed E-state index contributed by atoms with van der Waals surface area (Å²) in [6, 6.07) is 1.74. The van der Waals surface area contributed by atoms with Gasteiger partial charge in [0.25, 0.3) is 0 Å². The van der Waals surface area contributed by atoms with Gasteiger partial charge in [0.15, 0.2) is 0 Å². The van der Waals surface area contributed by atoms with Gasteiger partial charge in [-0.3, -0.25) is 0 Å². The molecule has 94 valence electrons. The van der Waals surface area contributed by atoms with E-state index in [0.29, 0.717) is 16.1 Å². The maximum Gasteiger partial charge on any atom is 0.144 e. The maximum atomic E-state index is 6.09. The largest absolute Gasteiger partial charge is 0.397 e. The lowest BCUT2D eigenvalue weighted by molar-refractivity contribution is 0.233. The number of nitrogens with one attached hydrogen (secondary N) is 1. The molecule has 1 fully saturated rings. The van der Waals surface area contributed by atoms with E-state index in [2.05, 4.69) is 17.2 Å². The summed E-state index contributed by atoms with van der Waals surface area (Å²) < 4.78 is 0. The van der Waals surface area contributed by atoms with Crippen LogP contribution in [-0.2, 0) is 0 Å². The van der Waals surface area contributed by atoms with Crippen molar-refractivity contribution in [2.24, 2.45) is 5.41 Å². The minimum atomic E-state index is 0.380. The maximum absolute atomic E-state index is 6.09. The SMILES string of the molecule is CC1(CNc2ncc(N)cc2Cl)CCCCC1. The number of rotatable bonds is 3. The number of halogens is 1. The van der Waals surface area contributed by atoms with E-state index in [1.54, 1.807) is 12.3 Å². The van der Waals surface area contributed by atoms with Crippen LogP contribution in [-0.4, -0.2) is 11.5 Å². The monoisotopic (exact) mass is 253 g/mol. The second kappa shape index (κ2) is 5.13. The number of hydrogen-bond donors (Lipinski definition) is 2. The first-order valence-corrected chi connectivity index (χ1v) is 6.62. The highest BCUT2D eigenvalue weighted by Gasteiger charge is 2.26. The topological polar surface area (TPSA) is 50.9 Å². The molecule has 3 N–H and O–H groups in total. The van der Waals surface area contributed by atoms with Crippen LogP contribution in [0.2, 0.25) is 5.02 Å². The molecule has 1 aromatic rings. The zero-order chi connectivity index (χ0) is 12.3. The molecule has 0 unspecified atom stereocenters. The third-order valence-corrected chi connectivity index (χ3v) is 3.89. The Morgan fingerprint density at radius 1 is 1.41 bits per heavy atom. The van der Waals surface area contributed by atoms with E-state index in [-0.39, 0.29) is 0 Å². The fraction of sp³-hybridized carbons (Fsp3) is 0.615. The van der Waals surface area contributed by atoms with Crippen LogP contribution in [0.4, 0.5) is 11.5 Å². The summed E-state index contributed by atoms with van der Waals surface area (Å²) in [5.74, 6) is 0.743. The Labute approximate surface area is 108 Å². The van der Waals surface area contributed by atoms with Gasteiger partial charge >= 0.3 is 0 Å². The van der Waals surface area contributed by atoms with Crippen molar-refractivity contribution in [1.29, 1.82) is 0 Å². The Morgan fingerprint density at radius 2 is 2.12 bits per heavy atom. The van der Waals surface area contributed by atoms with E-state index in [0.717, 1.165) is 12.4 Å². The molecule has 0 aliphatic heterocycles. The smallest absolute Gasteiger partial charge is 0.144 e. The van der Waals surface area contributed by atoms with E-state index in [1.165, 1.54) is 32.1 Å². The average molecular weight is 254 g/mol. The molecule has 0 aromatic carbocycles. The van der Waals surface area contributed by atoms with Crippen LogP contribution < -0.4 is 11.1 Å². The first-order valence-electron chi connectivity index (χ1n) is 6.24. The van der Waals surface area contributed by atoms with Gasteiger partial charge in [-0.25, -0.2) is 4.98 Å². The van der Waals surface area contributed by atoms with Crippen molar-refractivity contribution >= 4 is 23.1 Å². The number of anilines is 2. The molecule has 1 aliphatic rings. The summed E-state index contributed by atoms with van der Waals surface area (Å²) in [7, 11) is 0. The lowest BCUT2D eigenvalue weighted by Crippen LogP contribution is -2.29. The Kier molecular flexibility index (Phi) is 3.77. The predicted octanol–water partition coefficient (Wildman–Crippen LogP) is 3.70. The zero-order valence-electron chi connectivity index (χ0n) is 10.3. The van der Waals surface area contributed by atoms with Crippen molar-refractivity contribution in [3.63, 3.8) is 0 Å². The highest BCUT2D eigenvalue weighted by Crippen LogP contribution is 2.36. The van der Waals surface area contributed by atoms with Crippen LogP contribution in [0.1, 0.15) is 39.0 Å². The van der Waals surface area contributed by atoms with E-state index >= 15 is 0 Å². The molecule has 3 nitrogen and oxygen atoms in total. The van der Waals surface area contributed by atoms with Gasteiger partial charge in [-0.15, -0.1) is 0 Å². The summed E-state index contributed by atoms with van der Waals surface area (Å²) in [5, 5.41) is 3.95. The van der Waals surface area contributed by atoms with E-state index in [1.807, 2.05) is 0 Å². The molecule has 2 rings (SSSR count). The van der Waals surface area contributed by atoms with Crippen LogP contribution in [0.25, 0.3) is 0 Å². The molecule has 17 heavy (non-hydrogen) atoms. The number of nitrogens with two attached hydrogens (primary N) is 1. The Morgan fingerprint density at radius 3 is 2.76 bits per heavy atom. The summed E-state index contributed by atoms with van der Waals surface area (Å²) in [6.45, 7) is 3.27. The Hall–Kier alpha value is -0.960. The third kappa shape index (κ3) is 3.25. The zero-order valence-corrected chi connectivity index (χ0v) is 11.1. The van der Waals surface area contributed by atoms with Crippen molar-refractivity contribution in [3.05, 3.63) is 17.3 Å². The number of nitrogens with zero attached hydrogens (tertiary/aromatic N) is 1. The first kappa shape index (κ1) is 12.5. The van der Waals surface area contributed by atoms with Crippen LogP contribution in [0.15, 0.2) is 12.3 Å². The molecule has 0 amide bonds. The van der Waals surface area contributed by atoms with Gasteiger partial charge in [0, 0.05) is 6.54 Å². The van der Waals surface area contributed by atoms with Crippen molar-refractivity contribution in [3.8, 4) is 0 Å². The molecular weight excluding hydrogens is 234 g/mol. The molecular formula is C13H20ClN3. The van der Waals surface area contributed by atoms with E-state index in [4.69, 9.17) is 17.3 Å². The Balaban J connectivity index is 1.97. The number of pyridine rings is 1. The van der Waals surface area contributed by atoms with Gasteiger partial charge in [0.1, 0.15) is 5.82 Å². The van der Waals surface area contributed by atoms with Gasteiger partial charge in [-0.1, -0.05) is 37.8 Å². The molecule has 1 heterocycles. The van der Waals surface area contributed by atoms with Gasteiger partial charge < -0.3 is 11.1 Å². The summed E-state index contributed by atoms with van der Waals surface area (Å²) in [4.78, 5) is 4.23. The van der Waals surface area contributed by atoms with E-state index < -0.39 is 0 Å². The number of aromatic nitrogens is 1. The molecule has 0 spiro atoms. The van der Waals surface area contributed by atoms with Gasteiger partial charge in [-0.2, -0.15) is 0 Å². The highest BCUT2D eigenvalue weighted by atomic mass is 35.5. The molecule has 0 bridgehead atoms. The average Bonchev–Trinajstić information content (AvgIpc) is 2.29. The van der Waals surface area contributed by atoms with Crippen molar-refractivity contribution in [1.82, 2.24) is 4.98 Å². The van der Waals surface area contributed by atoms with Crippen molar-refractivity contribution in [2.45, 2.75) is 39.0 Å². The molecule has 4 heteroatoms. The second-order valence-electron chi connectivity index (χ2n) is 5.32. The van der Waals surface area contributed by atoms with Gasteiger partial charge in [0.2, 0.25) is 0 Å². The normalized spacial score (nSPS) is 18.9. The van der Waals surface area contributed by atoms with Gasteiger partial charge in [0.05, 0.1) is 16.9 Å². The molecule has 0 radical (unpaired) electrons. The fourth-order valence-corrected chi connectivity index (χ4v) is 2.70.